The van der Waals surface area contributed by atoms with Crippen LogP contribution in [0.1, 0.15) is 11.1 Å². The van der Waals surface area contributed by atoms with E-state index in [2.05, 4.69) is 10.6 Å². The maximum Gasteiger partial charge on any atom is 0.288 e. The molecule has 4 heteroatoms. The van der Waals surface area contributed by atoms with Gasteiger partial charge in [-0.25, -0.2) is 0 Å². The Morgan fingerprint density at radius 1 is 1.20 bits per heavy atom. The molecule has 1 aromatic carbocycles. The van der Waals surface area contributed by atoms with Crippen LogP contribution in [0.5, 0.6) is 0 Å². The summed E-state index contributed by atoms with van der Waals surface area (Å²) in [5.41, 5.74) is 3.62. The van der Waals surface area contributed by atoms with Crippen molar-refractivity contribution in [3.63, 3.8) is 0 Å². The van der Waals surface area contributed by atoms with Crippen LogP contribution in [0.15, 0.2) is 12.1 Å². The minimum Gasteiger partial charge on any atom is -0.386 e. The lowest BCUT2D eigenvalue weighted by molar-refractivity contribution is -0.127. The lowest BCUT2D eigenvalue weighted by atomic mass is 10.1. The third kappa shape index (κ3) is 2.56. The molecule has 0 saturated heterocycles. The van der Waals surface area contributed by atoms with Gasteiger partial charge in [-0.15, -0.1) is 0 Å². The third-order valence-electron chi connectivity index (χ3n) is 2.27. The van der Waals surface area contributed by atoms with Gasteiger partial charge in [-0.05, 0) is 37.1 Å². The normalized spacial score (nSPS) is 9.53. The van der Waals surface area contributed by atoms with E-state index in [-0.39, 0.29) is 6.29 Å². The van der Waals surface area contributed by atoms with Gasteiger partial charge in [-0.2, -0.15) is 0 Å². The van der Waals surface area contributed by atoms with E-state index in [1.165, 1.54) is 0 Å². The van der Waals surface area contributed by atoms with Crippen LogP contribution >= 0.6 is 0 Å². The van der Waals surface area contributed by atoms with Crippen molar-refractivity contribution < 1.29 is 9.59 Å². The predicted octanol–water partition coefficient (Wildman–Crippen LogP) is 1.48. The second kappa shape index (κ2) is 4.59. The average Bonchev–Trinajstić information content (AvgIpc) is 2.22. The highest BCUT2D eigenvalue weighted by molar-refractivity contribution is 6.29. The maximum absolute atomic E-state index is 10.9. The molecule has 0 aliphatic heterocycles. The zero-order valence-electron chi connectivity index (χ0n) is 9.05. The first kappa shape index (κ1) is 11.2. The van der Waals surface area contributed by atoms with Crippen LogP contribution < -0.4 is 10.6 Å². The minimum atomic E-state index is -0.644. The largest absolute Gasteiger partial charge is 0.386 e. The number of hydrogen-bond acceptors (Lipinski definition) is 3. The van der Waals surface area contributed by atoms with Crippen molar-refractivity contribution in [2.24, 2.45) is 0 Å². The standard InChI is InChI=1S/C11H14N2O2/c1-7-4-9(12-3)10(5-8(7)2)13-11(15)6-14/h4-6,12H,1-3H3,(H,13,15). The first-order valence-corrected chi connectivity index (χ1v) is 4.63. The molecule has 0 aliphatic rings. The Bertz CT molecular complexity index is 400. The van der Waals surface area contributed by atoms with Gasteiger partial charge in [0.05, 0.1) is 11.4 Å². The zero-order valence-corrected chi connectivity index (χ0v) is 9.05. The highest BCUT2D eigenvalue weighted by atomic mass is 16.2. The Morgan fingerprint density at radius 3 is 2.20 bits per heavy atom. The van der Waals surface area contributed by atoms with Crippen LogP contribution in [0, 0.1) is 13.8 Å². The lowest BCUT2D eigenvalue weighted by Gasteiger charge is -2.12. The molecule has 1 amide bonds. The van der Waals surface area contributed by atoms with Gasteiger partial charge >= 0.3 is 0 Å². The molecule has 0 bridgehead atoms. The molecule has 2 N–H and O–H groups in total. The molecule has 15 heavy (non-hydrogen) atoms. The van der Waals surface area contributed by atoms with Gasteiger partial charge in [0.1, 0.15) is 0 Å². The van der Waals surface area contributed by atoms with Gasteiger partial charge in [0.25, 0.3) is 5.91 Å². The summed E-state index contributed by atoms with van der Waals surface area (Å²) in [7, 11) is 1.76. The fourth-order valence-electron chi connectivity index (χ4n) is 1.29. The number of aldehydes is 1. The quantitative estimate of drug-likeness (QED) is 0.581. The fraction of sp³-hybridized carbons (Fsp3) is 0.273. The summed E-state index contributed by atoms with van der Waals surface area (Å²) >= 11 is 0. The minimum absolute atomic E-state index is 0.259. The molecule has 80 valence electrons. The van der Waals surface area contributed by atoms with Crippen LogP contribution in [-0.2, 0) is 9.59 Å². The molecule has 0 saturated carbocycles. The molecule has 0 unspecified atom stereocenters. The van der Waals surface area contributed by atoms with E-state index in [1.54, 1.807) is 7.05 Å². The molecule has 0 spiro atoms. The maximum atomic E-state index is 10.9. The van der Waals surface area contributed by atoms with Crippen molar-refractivity contribution in [3.8, 4) is 0 Å². The van der Waals surface area contributed by atoms with E-state index < -0.39 is 5.91 Å². The Labute approximate surface area is 88.7 Å². The Hall–Kier alpha value is -1.84. The molecule has 0 fully saturated rings. The molecule has 1 aromatic rings. The van der Waals surface area contributed by atoms with E-state index >= 15 is 0 Å². The van der Waals surface area contributed by atoms with E-state index in [9.17, 15) is 9.59 Å². The fourth-order valence-corrected chi connectivity index (χ4v) is 1.29. The summed E-state index contributed by atoms with van der Waals surface area (Å²) in [6.07, 6.45) is 0.259. The van der Waals surface area contributed by atoms with Crippen LogP contribution in [-0.4, -0.2) is 19.2 Å². The molecule has 0 aliphatic carbocycles. The molecular formula is C11H14N2O2. The average molecular weight is 206 g/mol. The first-order valence-electron chi connectivity index (χ1n) is 4.63. The number of rotatable bonds is 3. The van der Waals surface area contributed by atoms with Crippen molar-refractivity contribution in [2.75, 3.05) is 17.7 Å². The van der Waals surface area contributed by atoms with Gasteiger partial charge in [-0.1, -0.05) is 0 Å². The smallest absolute Gasteiger partial charge is 0.288 e. The van der Waals surface area contributed by atoms with Crippen molar-refractivity contribution in [2.45, 2.75) is 13.8 Å². The van der Waals surface area contributed by atoms with E-state index in [0.29, 0.717) is 5.69 Å². The Balaban J connectivity index is 3.10. The van der Waals surface area contributed by atoms with Gasteiger partial charge in [0.2, 0.25) is 6.29 Å². The molecule has 0 atom stereocenters. The van der Waals surface area contributed by atoms with Gasteiger partial charge in [-0.3, -0.25) is 9.59 Å². The molecular weight excluding hydrogens is 192 g/mol. The number of carbonyl (C=O) groups excluding carboxylic acids is 2. The van der Waals surface area contributed by atoms with Crippen molar-refractivity contribution in [3.05, 3.63) is 23.3 Å². The highest BCUT2D eigenvalue weighted by Crippen LogP contribution is 2.25. The van der Waals surface area contributed by atoms with Crippen molar-refractivity contribution in [1.29, 1.82) is 0 Å². The number of aryl methyl sites for hydroxylation is 2. The molecule has 0 radical (unpaired) electrons. The Kier molecular flexibility index (Phi) is 3.44. The lowest BCUT2D eigenvalue weighted by Crippen LogP contribution is -2.13. The van der Waals surface area contributed by atoms with E-state index in [0.717, 1.165) is 16.8 Å². The second-order valence-electron chi connectivity index (χ2n) is 3.34. The number of amides is 1. The number of nitrogens with one attached hydrogen (secondary N) is 2. The summed E-state index contributed by atoms with van der Waals surface area (Å²) in [6.45, 7) is 3.94. The van der Waals surface area contributed by atoms with Crippen molar-refractivity contribution in [1.82, 2.24) is 0 Å². The molecule has 4 nitrogen and oxygen atoms in total. The monoisotopic (exact) mass is 206 g/mol. The summed E-state index contributed by atoms with van der Waals surface area (Å²) in [5, 5.41) is 5.47. The SMILES string of the molecule is CNc1cc(C)c(C)cc1NC(=O)C=O. The number of hydrogen-bond donors (Lipinski definition) is 2. The Morgan fingerprint density at radius 2 is 1.73 bits per heavy atom. The molecule has 0 heterocycles. The number of anilines is 2. The second-order valence-corrected chi connectivity index (χ2v) is 3.34. The zero-order chi connectivity index (χ0) is 11.4. The predicted molar refractivity (Wildman–Crippen MR) is 60.2 cm³/mol. The topological polar surface area (TPSA) is 58.2 Å². The van der Waals surface area contributed by atoms with Gasteiger partial charge in [0, 0.05) is 7.05 Å². The number of benzene rings is 1. The summed E-state index contributed by atoms with van der Waals surface area (Å²) in [6, 6.07) is 3.76. The highest BCUT2D eigenvalue weighted by Gasteiger charge is 2.06. The summed E-state index contributed by atoms with van der Waals surface area (Å²) < 4.78 is 0. The van der Waals surface area contributed by atoms with Crippen LogP contribution in [0.4, 0.5) is 11.4 Å². The third-order valence-corrected chi connectivity index (χ3v) is 2.27. The molecule has 1 rings (SSSR count). The molecule has 0 aromatic heterocycles. The van der Waals surface area contributed by atoms with Gasteiger partial charge in [0.15, 0.2) is 0 Å². The first-order chi connectivity index (χ1) is 7.08. The van der Waals surface area contributed by atoms with Crippen molar-refractivity contribution >= 4 is 23.6 Å². The van der Waals surface area contributed by atoms with Crippen LogP contribution in [0.3, 0.4) is 0 Å². The summed E-state index contributed by atoms with van der Waals surface area (Å²) in [5.74, 6) is -0.644. The van der Waals surface area contributed by atoms with Crippen LogP contribution in [0.25, 0.3) is 0 Å². The van der Waals surface area contributed by atoms with E-state index in [4.69, 9.17) is 0 Å². The summed E-state index contributed by atoms with van der Waals surface area (Å²) in [4.78, 5) is 21.2. The number of carbonyl (C=O) groups is 2. The van der Waals surface area contributed by atoms with Gasteiger partial charge < -0.3 is 10.6 Å². The van der Waals surface area contributed by atoms with E-state index in [1.807, 2.05) is 26.0 Å². The van der Waals surface area contributed by atoms with Crippen LogP contribution in [0.2, 0.25) is 0 Å².